The second-order valence-corrected chi connectivity index (χ2v) is 3.45. The lowest BCUT2D eigenvalue weighted by Gasteiger charge is -2.11. The minimum absolute atomic E-state index is 0.356. The molecule has 0 radical (unpaired) electrons. The smallest absolute Gasteiger partial charge is 0.215 e. The molecule has 13 heavy (non-hydrogen) atoms. The fourth-order valence-electron chi connectivity index (χ4n) is 1.67. The number of rotatable bonds is 2. The summed E-state index contributed by atoms with van der Waals surface area (Å²) in [6, 6.07) is 3.54. The van der Waals surface area contributed by atoms with Gasteiger partial charge in [-0.2, -0.15) is 0 Å². The molecule has 2 rings (SSSR count). The zero-order chi connectivity index (χ0) is 9.10. The quantitative estimate of drug-likeness (QED) is 0.753. The first-order valence-corrected chi connectivity index (χ1v) is 4.73. The topological polar surface area (TPSA) is 48.1 Å². The maximum atomic E-state index is 5.66. The third-order valence-electron chi connectivity index (χ3n) is 2.35. The molecule has 0 bridgehead atoms. The van der Waals surface area contributed by atoms with E-state index in [1.54, 1.807) is 18.3 Å². The van der Waals surface area contributed by atoms with Gasteiger partial charge in [0.2, 0.25) is 5.88 Å². The Bertz CT molecular complexity index is 282. The van der Waals surface area contributed by atoms with Crippen molar-refractivity contribution in [3.8, 4) is 5.88 Å². The molecular weight excluding hydrogens is 164 g/mol. The van der Waals surface area contributed by atoms with Crippen molar-refractivity contribution < 1.29 is 4.74 Å². The van der Waals surface area contributed by atoms with Crippen LogP contribution in [0, 0.1) is 0 Å². The minimum atomic E-state index is 0.356. The van der Waals surface area contributed by atoms with Crippen LogP contribution in [-0.2, 0) is 0 Å². The Morgan fingerprint density at radius 1 is 1.38 bits per heavy atom. The fourth-order valence-corrected chi connectivity index (χ4v) is 1.67. The van der Waals surface area contributed by atoms with Crippen LogP contribution in [0.5, 0.6) is 5.88 Å². The predicted octanol–water partition coefficient (Wildman–Crippen LogP) is 1.99. The molecule has 0 spiro atoms. The Morgan fingerprint density at radius 3 is 2.85 bits per heavy atom. The van der Waals surface area contributed by atoms with Gasteiger partial charge in [0, 0.05) is 18.0 Å². The third kappa shape index (κ3) is 2.11. The average Bonchev–Trinajstić information content (AvgIpc) is 2.57. The molecule has 3 heteroatoms. The molecule has 0 aromatic carbocycles. The van der Waals surface area contributed by atoms with Crippen LogP contribution in [0.4, 0.5) is 5.69 Å². The van der Waals surface area contributed by atoms with Crippen molar-refractivity contribution in [1.29, 1.82) is 0 Å². The van der Waals surface area contributed by atoms with Crippen LogP contribution >= 0.6 is 0 Å². The molecule has 1 aliphatic rings. The molecule has 2 N–H and O–H groups in total. The first kappa shape index (κ1) is 8.35. The summed E-state index contributed by atoms with van der Waals surface area (Å²) in [4.78, 5) is 4.10. The lowest BCUT2D eigenvalue weighted by Crippen LogP contribution is -2.11. The summed E-state index contributed by atoms with van der Waals surface area (Å²) in [5.74, 6) is 0.659. The Hall–Kier alpha value is -1.25. The van der Waals surface area contributed by atoms with E-state index in [2.05, 4.69) is 4.98 Å². The molecule has 0 unspecified atom stereocenters. The highest BCUT2D eigenvalue weighted by atomic mass is 16.5. The number of aromatic nitrogens is 1. The van der Waals surface area contributed by atoms with E-state index in [1.807, 2.05) is 0 Å². The summed E-state index contributed by atoms with van der Waals surface area (Å²) >= 11 is 0. The highest BCUT2D eigenvalue weighted by Crippen LogP contribution is 2.23. The fraction of sp³-hybridized carbons (Fsp3) is 0.500. The van der Waals surface area contributed by atoms with E-state index in [0.717, 1.165) is 12.8 Å². The SMILES string of the molecule is Nc1ccnc(OC2CCCC2)c1. The van der Waals surface area contributed by atoms with Crippen molar-refractivity contribution in [2.75, 3.05) is 5.73 Å². The van der Waals surface area contributed by atoms with Gasteiger partial charge in [-0.25, -0.2) is 4.98 Å². The lowest BCUT2D eigenvalue weighted by atomic mass is 10.3. The van der Waals surface area contributed by atoms with Crippen LogP contribution in [0.1, 0.15) is 25.7 Å². The van der Waals surface area contributed by atoms with E-state index < -0.39 is 0 Å². The Kier molecular flexibility index (Phi) is 2.34. The largest absolute Gasteiger partial charge is 0.474 e. The predicted molar refractivity (Wildman–Crippen MR) is 51.5 cm³/mol. The number of anilines is 1. The van der Waals surface area contributed by atoms with Crippen LogP contribution in [0.15, 0.2) is 18.3 Å². The zero-order valence-corrected chi connectivity index (χ0v) is 7.57. The van der Waals surface area contributed by atoms with Crippen molar-refractivity contribution in [1.82, 2.24) is 4.98 Å². The molecule has 70 valence electrons. The van der Waals surface area contributed by atoms with Gasteiger partial charge in [0.05, 0.1) is 0 Å². The highest BCUT2D eigenvalue weighted by molar-refractivity contribution is 5.39. The zero-order valence-electron chi connectivity index (χ0n) is 7.57. The van der Waals surface area contributed by atoms with E-state index in [-0.39, 0.29) is 0 Å². The maximum absolute atomic E-state index is 5.66. The first-order chi connectivity index (χ1) is 6.34. The van der Waals surface area contributed by atoms with Gasteiger partial charge in [-0.15, -0.1) is 0 Å². The van der Waals surface area contributed by atoms with E-state index in [0.29, 0.717) is 17.7 Å². The highest BCUT2D eigenvalue weighted by Gasteiger charge is 2.16. The van der Waals surface area contributed by atoms with Crippen LogP contribution in [-0.4, -0.2) is 11.1 Å². The standard InChI is InChI=1S/C10H14N2O/c11-8-5-6-12-10(7-8)13-9-3-1-2-4-9/h5-7,9H,1-4H2,(H2,11,12). The molecule has 3 nitrogen and oxygen atoms in total. The normalized spacial score (nSPS) is 17.5. The van der Waals surface area contributed by atoms with E-state index in [1.165, 1.54) is 12.8 Å². The molecule has 1 heterocycles. The van der Waals surface area contributed by atoms with E-state index >= 15 is 0 Å². The van der Waals surface area contributed by atoms with Gasteiger partial charge in [0.1, 0.15) is 6.10 Å². The second kappa shape index (κ2) is 3.64. The van der Waals surface area contributed by atoms with Crippen LogP contribution in [0.25, 0.3) is 0 Å². The molecular formula is C10H14N2O. The van der Waals surface area contributed by atoms with Gasteiger partial charge in [0.25, 0.3) is 0 Å². The monoisotopic (exact) mass is 178 g/mol. The number of nitrogens with two attached hydrogens (primary N) is 1. The van der Waals surface area contributed by atoms with E-state index in [4.69, 9.17) is 10.5 Å². The Balaban J connectivity index is 2.00. The third-order valence-corrected chi connectivity index (χ3v) is 2.35. The molecule has 0 saturated heterocycles. The molecule has 1 fully saturated rings. The summed E-state index contributed by atoms with van der Waals surface area (Å²) < 4.78 is 5.66. The lowest BCUT2D eigenvalue weighted by molar-refractivity contribution is 0.201. The summed E-state index contributed by atoms with van der Waals surface area (Å²) in [6.07, 6.45) is 6.88. The summed E-state index contributed by atoms with van der Waals surface area (Å²) in [5, 5.41) is 0. The molecule has 0 aliphatic heterocycles. The van der Waals surface area contributed by atoms with Gasteiger partial charge in [-0.1, -0.05) is 0 Å². The number of hydrogen-bond acceptors (Lipinski definition) is 3. The minimum Gasteiger partial charge on any atom is -0.474 e. The number of ether oxygens (including phenoxy) is 1. The summed E-state index contributed by atoms with van der Waals surface area (Å²) in [5.41, 5.74) is 6.32. The second-order valence-electron chi connectivity index (χ2n) is 3.45. The van der Waals surface area contributed by atoms with Gasteiger partial charge >= 0.3 is 0 Å². The van der Waals surface area contributed by atoms with Crippen molar-refractivity contribution >= 4 is 5.69 Å². The molecule has 1 aromatic heterocycles. The number of pyridine rings is 1. The molecule has 1 saturated carbocycles. The number of nitrogens with zero attached hydrogens (tertiary/aromatic N) is 1. The Morgan fingerprint density at radius 2 is 2.15 bits per heavy atom. The number of hydrogen-bond donors (Lipinski definition) is 1. The van der Waals surface area contributed by atoms with Crippen molar-refractivity contribution in [2.24, 2.45) is 0 Å². The molecule has 1 aliphatic carbocycles. The van der Waals surface area contributed by atoms with Crippen LogP contribution < -0.4 is 10.5 Å². The van der Waals surface area contributed by atoms with Gasteiger partial charge in [-0.05, 0) is 31.7 Å². The van der Waals surface area contributed by atoms with Crippen LogP contribution in [0.2, 0.25) is 0 Å². The van der Waals surface area contributed by atoms with Crippen LogP contribution in [0.3, 0.4) is 0 Å². The summed E-state index contributed by atoms with van der Waals surface area (Å²) in [7, 11) is 0. The van der Waals surface area contributed by atoms with E-state index in [9.17, 15) is 0 Å². The summed E-state index contributed by atoms with van der Waals surface area (Å²) in [6.45, 7) is 0. The maximum Gasteiger partial charge on any atom is 0.215 e. The molecule has 1 aromatic rings. The van der Waals surface area contributed by atoms with Gasteiger partial charge in [-0.3, -0.25) is 0 Å². The van der Waals surface area contributed by atoms with Crippen molar-refractivity contribution in [3.63, 3.8) is 0 Å². The van der Waals surface area contributed by atoms with Gasteiger partial charge < -0.3 is 10.5 Å². The Labute approximate surface area is 77.9 Å². The number of nitrogen functional groups attached to an aromatic ring is 1. The van der Waals surface area contributed by atoms with Crippen molar-refractivity contribution in [2.45, 2.75) is 31.8 Å². The first-order valence-electron chi connectivity index (χ1n) is 4.73. The molecule has 0 amide bonds. The molecule has 0 atom stereocenters. The van der Waals surface area contributed by atoms with Gasteiger partial charge in [0.15, 0.2) is 0 Å². The van der Waals surface area contributed by atoms with Crippen molar-refractivity contribution in [3.05, 3.63) is 18.3 Å². The average molecular weight is 178 g/mol.